The van der Waals surface area contributed by atoms with Crippen LogP contribution in [0.3, 0.4) is 0 Å². The molecule has 0 unspecified atom stereocenters. The highest BCUT2D eigenvalue weighted by Gasteiger charge is 2.19. The molecule has 1 aliphatic carbocycles. The van der Waals surface area contributed by atoms with Gasteiger partial charge in [-0.3, -0.25) is 0 Å². The molecule has 18 heavy (non-hydrogen) atoms. The second-order valence-corrected chi connectivity index (χ2v) is 6.01. The summed E-state index contributed by atoms with van der Waals surface area (Å²) in [4.78, 5) is 9.13. The molecule has 1 aliphatic rings. The van der Waals surface area contributed by atoms with Crippen LogP contribution in [0.25, 0.3) is 0 Å². The van der Waals surface area contributed by atoms with E-state index >= 15 is 0 Å². The van der Waals surface area contributed by atoms with E-state index < -0.39 is 0 Å². The second kappa shape index (κ2) is 5.68. The van der Waals surface area contributed by atoms with Gasteiger partial charge in [0.15, 0.2) is 0 Å². The summed E-state index contributed by atoms with van der Waals surface area (Å²) in [7, 11) is 0. The third-order valence-electron chi connectivity index (χ3n) is 3.81. The fourth-order valence-corrected chi connectivity index (χ4v) is 2.54. The van der Waals surface area contributed by atoms with Crippen molar-refractivity contribution in [2.75, 3.05) is 5.32 Å². The fourth-order valence-electron chi connectivity index (χ4n) is 2.54. The minimum atomic E-state index is 0.457. The van der Waals surface area contributed by atoms with Crippen molar-refractivity contribution in [1.82, 2.24) is 9.97 Å². The first-order valence-electron chi connectivity index (χ1n) is 7.16. The van der Waals surface area contributed by atoms with Crippen molar-refractivity contribution in [3.05, 3.63) is 17.5 Å². The zero-order valence-electron chi connectivity index (χ0n) is 12.0. The van der Waals surface area contributed by atoms with Crippen LogP contribution in [0.5, 0.6) is 0 Å². The summed E-state index contributed by atoms with van der Waals surface area (Å²) in [5.41, 5.74) is 2.19. The summed E-state index contributed by atoms with van der Waals surface area (Å²) in [5.74, 6) is 2.16. The smallest absolute Gasteiger partial charge is 0.223 e. The Morgan fingerprint density at radius 2 is 1.83 bits per heavy atom. The minimum Gasteiger partial charge on any atom is -0.351 e. The quantitative estimate of drug-likeness (QED) is 0.880. The molecule has 100 valence electrons. The molecule has 0 spiro atoms. The highest BCUT2D eigenvalue weighted by molar-refractivity contribution is 5.30. The summed E-state index contributed by atoms with van der Waals surface area (Å²) in [6.45, 7) is 8.74. The lowest BCUT2D eigenvalue weighted by atomic mass is 9.87. The van der Waals surface area contributed by atoms with Crippen LogP contribution in [0.4, 0.5) is 5.95 Å². The number of anilines is 1. The molecule has 1 N–H and O–H groups in total. The third kappa shape index (κ3) is 3.44. The van der Waals surface area contributed by atoms with Crippen molar-refractivity contribution in [3.63, 3.8) is 0 Å². The van der Waals surface area contributed by atoms with Gasteiger partial charge in [0.1, 0.15) is 0 Å². The zero-order valence-corrected chi connectivity index (χ0v) is 12.0. The summed E-state index contributed by atoms with van der Waals surface area (Å²) in [5, 5.41) is 3.52. The first-order valence-corrected chi connectivity index (χ1v) is 7.16. The van der Waals surface area contributed by atoms with E-state index in [0.717, 1.165) is 23.3 Å². The van der Waals surface area contributed by atoms with Gasteiger partial charge in [0.2, 0.25) is 5.95 Å². The van der Waals surface area contributed by atoms with Crippen LogP contribution in [0.15, 0.2) is 6.07 Å². The van der Waals surface area contributed by atoms with Crippen molar-refractivity contribution in [2.24, 2.45) is 5.92 Å². The molecule has 3 nitrogen and oxygen atoms in total. The summed E-state index contributed by atoms with van der Waals surface area (Å²) < 4.78 is 0. The number of nitrogens with zero attached hydrogens (tertiary/aromatic N) is 2. The first kappa shape index (κ1) is 13.3. The average Bonchev–Trinajstić information content (AvgIpc) is 2.31. The standard InChI is InChI=1S/C15H25N3/c1-10(2)14-9-12(4)16-15(18-14)17-13-7-5-11(3)6-8-13/h9-11,13H,5-8H2,1-4H3,(H,16,17,18). The molecule has 1 heterocycles. The lowest BCUT2D eigenvalue weighted by molar-refractivity contribution is 0.360. The van der Waals surface area contributed by atoms with Gasteiger partial charge in [0.25, 0.3) is 0 Å². The van der Waals surface area contributed by atoms with Gasteiger partial charge in [-0.25, -0.2) is 9.97 Å². The van der Waals surface area contributed by atoms with E-state index in [1.807, 2.05) is 6.92 Å². The Balaban J connectivity index is 2.04. The molecule has 2 rings (SSSR count). The summed E-state index contributed by atoms with van der Waals surface area (Å²) >= 11 is 0. The van der Waals surface area contributed by atoms with Crippen molar-refractivity contribution in [2.45, 2.75) is 65.3 Å². The Labute approximate surface area is 110 Å². The number of nitrogens with one attached hydrogen (secondary N) is 1. The largest absolute Gasteiger partial charge is 0.351 e. The number of rotatable bonds is 3. The molecule has 1 aromatic heterocycles. The van der Waals surface area contributed by atoms with E-state index in [4.69, 9.17) is 0 Å². The molecule has 0 bridgehead atoms. The molecule has 1 saturated carbocycles. The Morgan fingerprint density at radius 1 is 1.17 bits per heavy atom. The first-order chi connectivity index (χ1) is 8.54. The fraction of sp³-hybridized carbons (Fsp3) is 0.733. The molecule has 3 heteroatoms. The highest BCUT2D eigenvalue weighted by atomic mass is 15.1. The second-order valence-electron chi connectivity index (χ2n) is 6.01. The molecule has 1 aromatic rings. The van der Waals surface area contributed by atoms with Crippen molar-refractivity contribution in [3.8, 4) is 0 Å². The van der Waals surface area contributed by atoms with Crippen molar-refractivity contribution in [1.29, 1.82) is 0 Å². The van der Waals surface area contributed by atoms with E-state index in [1.54, 1.807) is 0 Å². The van der Waals surface area contributed by atoms with Crippen LogP contribution in [0, 0.1) is 12.8 Å². The SMILES string of the molecule is Cc1cc(C(C)C)nc(NC2CCC(C)CC2)n1. The van der Waals surface area contributed by atoms with Crippen LogP contribution in [-0.4, -0.2) is 16.0 Å². The van der Waals surface area contributed by atoms with Gasteiger partial charge in [0, 0.05) is 17.4 Å². The summed E-state index contributed by atoms with van der Waals surface area (Å²) in [6, 6.07) is 2.64. The van der Waals surface area contributed by atoms with Crippen LogP contribution in [0.2, 0.25) is 0 Å². The molecule has 0 amide bonds. The van der Waals surface area contributed by atoms with E-state index in [9.17, 15) is 0 Å². The Kier molecular flexibility index (Phi) is 4.20. The van der Waals surface area contributed by atoms with E-state index in [-0.39, 0.29) is 0 Å². The topological polar surface area (TPSA) is 37.8 Å². The highest BCUT2D eigenvalue weighted by Crippen LogP contribution is 2.25. The molecule has 1 fully saturated rings. The van der Waals surface area contributed by atoms with Crippen molar-refractivity contribution >= 4 is 5.95 Å². The van der Waals surface area contributed by atoms with Crippen LogP contribution in [-0.2, 0) is 0 Å². The monoisotopic (exact) mass is 247 g/mol. The van der Waals surface area contributed by atoms with E-state index in [0.29, 0.717) is 12.0 Å². The zero-order chi connectivity index (χ0) is 13.1. The van der Waals surface area contributed by atoms with Crippen LogP contribution in [0.1, 0.15) is 63.8 Å². The molecule has 0 saturated heterocycles. The Morgan fingerprint density at radius 3 is 2.44 bits per heavy atom. The minimum absolute atomic E-state index is 0.457. The molecule has 0 aliphatic heterocycles. The Bertz CT molecular complexity index is 393. The molecule has 0 aromatic carbocycles. The molecule has 0 atom stereocenters. The predicted molar refractivity (Wildman–Crippen MR) is 75.9 cm³/mol. The van der Waals surface area contributed by atoms with Crippen LogP contribution >= 0.6 is 0 Å². The Hall–Kier alpha value is -1.12. The van der Waals surface area contributed by atoms with E-state index in [2.05, 4.69) is 42.1 Å². The van der Waals surface area contributed by atoms with Gasteiger partial charge < -0.3 is 5.32 Å². The maximum Gasteiger partial charge on any atom is 0.223 e. The number of aryl methyl sites for hydroxylation is 1. The van der Waals surface area contributed by atoms with Gasteiger partial charge in [-0.05, 0) is 50.5 Å². The average molecular weight is 247 g/mol. The lowest BCUT2D eigenvalue weighted by Crippen LogP contribution is -2.26. The predicted octanol–water partition coefficient (Wildman–Crippen LogP) is 3.90. The van der Waals surface area contributed by atoms with Gasteiger partial charge >= 0.3 is 0 Å². The van der Waals surface area contributed by atoms with Gasteiger partial charge in [-0.15, -0.1) is 0 Å². The maximum atomic E-state index is 4.62. The van der Waals surface area contributed by atoms with Gasteiger partial charge in [-0.2, -0.15) is 0 Å². The number of hydrogen-bond donors (Lipinski definition) is 1. The molecular weight excluding hydrogens is 222 g/mol. The van der Waals surface area contributed by atoms with Crippen molar-refractivity contribution < 1.29 is 0 Å². The molecular formula is C15H25N3. The summed E-state index contributed by atoms with van der Waals surface area (Å²) in [6.07, 6.45) is 5.13. The lowest BCUT2D eigenvalue weighted by Gasteiger charge is -2.27. The van der Waals surface area contributed by atoms with E-state index in [1.165, 1.54) is 25.7 Å². The molecule has 0 radical (unpaired) electrons. The van der Waals surface area contributed by atoms with Gasteiger partial charge in [0.05, 0.1) is 0 Å². The third-order valence-corrected chi connectivity index (χ3v) is 3.81. The number of aromatic nitrogens is 2. The van der Waals surface area contributed by atoms with Gasteiger partial charge in [-0.1, -0.05) is 20.8 Å². The normalized spacial score (nSPS) is 24.3. The maximum absolute atomic E-state index is 4.62. The van der Waals surface area contributed by atoms with Crippen LogP contribution < -0.4 is 5.32 Å². The number of hydrogen-bond acceptors (Lipinski definition) is 3.